The molecule has 2 heterocycles. The molecule has 2 amide bonds. The van der Waals surface area contributed by atoms with Gasteiger partial charge in [0.05, 0.1) is 0 Å². The molecule has 2 aromatic carbocycles. The predicted molar refractivity (Wildman–Crippen MR) is 124 cm³/mol. The summed E-state index contributed by atoms with van der Waals surface area (Å²) < 4.78 is 5.67. The van der Waals surface area contributed by atoms with E-state index in [-0.39, 0.29) is 42.7 Å². The van der Waals surface area contributed by atoms with E-state index < -0.39 is 17.6 Å². The molecule has 5 aliphatic rings. The molecule has 2 saturated carbocycles. The molecule has 34 heavy (non-hydrogen) atoms. The number of ether oxygens (including phenoxy) is 1. The number of carbonyl (C=O) groups excluding carboxylic acids is 2. The molecular formula is C27H28N2O5. The number of carbonyl (C=O) groups is 3. The van der Waals surface area contributed by atoms with Gasteiger partial charge in [-0.15, -0.1) is 0 Å². The summed E-state index contributed by atoms with van der Waals surface area (Å²) in [6.45, 7) is 0.731. The molecule has 1 atom stereocenters. The third kappa shape index (κ3) is 3.37. The fourth-order valence-electron chi connectivity index (χ4n) is 6.23. The molecule has 7 nitrogen and oxygen atoms in total. The fraction of sp³-hybridized carbons (Fsp3) is 0.444. The first-order chi connectivity index (χ1) is 16.5. The van der Waals surface area contributed by atoms with Crippen LogP contribution in [0.2, 0.25) is 0 Å². The normalized spacial score (nSPS) is 25.2. The maximum absolute atomic E-state index is 13.0. The first-order valence-electron chi connectivity index (χ1n) is 12.1. The molecule has 2 aliphatic heterocycles. The lowest BCUT2D eigenvalue weighted by atomic mass is 9.73. The molecule has 176 valence electrons. The maximum atomic E-state index is 13.0. The van der Waals surface area contributed by atoms with E-state index >= 15 is 0 Å². The Labute approximate surface area is 198 Å². The molecule has 0 aromatic heterocycles. The molecule has 3 aliphatic carbocycles. The van der Waals surface area contributed by atoms with Crippen LogP contribution in [0.5, 0.6) is 0 Å². The summed E-state index contributed by atoms with van der Waals surface area (Å²) in [6, 6.07) is 16.0. The van der Waals surface area contributed by atoms with Crippen molar-refractivity contribution in [3.05, 3.63) is 59.7 Å². The number of alkyl carbamates (subject to hydrolysis) is 1. The van der Waals surface area contributed by atoms with Crippen molar-refractivity contribution in [1.82, 2.24) is 10.2 Å². The quantitative estimate of drug-likeness (QED) is 0.656. The van der Waals surface area contributed by atoms with E-state index in [0.717, 1.165) is 24.0 Å². The van der Waals surface area contributed by atoms with E-state index in [1.807, 2.05) is 24.3 Å². The van der Waals surface area contributed by atoms with Crippen LogP contribution >= 0.6 is 0 Å². The van der Waals surface area contributed by atoms with Crippen molar-refractivity contribution in [3.63, 3.8) is 0 Å². The van der Waals surface area contributed by atoms with Crippen LogP contribution in [-0.4, -0.2) is 52.7 Å². The van der Waals surface area contributed by atoms with Crippen molar-refractivity contribution in [3.8, 4) is 11.1 Å². The molecule has 2 saturated heterocycles. The van der Waals surface area contributed by atoms with E-state index in [9.17, 15) is 19.5 Å². The lowest BCUT2D eigenvalue weighted by Crippen LogP contribution is -2.55. The minimum Gasteiger partial charge on any atom is -0.479 e. The van der Waals surface area contributed by atoms with Crippen LogP contribution in [0.3, 0.4) is 0 Å². The third-order valence-corrected chi connectivity index (χ3v) is 8.14. The molecule has 7 rings (SSSR count). The van der Waals surface area contributed by atoms with E-state index in [1.165, 1.54) is 16.0 Å². The van der Waals surface area contributed by atoms with Crippen LogP contribution in [0.1, 0.15) is 49.1 Å². The van der Waals surface area contributed by atoms with Gasteiger partial charge in [-0.3, -0.25) is 4.79 Å². The Bertz CT molecular complexity index is 1120. The summed E-state index contributed by atoms with van der Waals surface area (Å²) in [5, 5.41) is 12.6. The van der Waals surface area contributed by atoms with Gasteiger partial charge in [0.2, 0.25) is 5.91 Å². The molecule has 2 aromatic rings. The Morgan fingerprint density at radius 1 is 1.03 bits per heavy atom. The number of nitrogens with zero attached hydrogens (tertiary/aromatic N) is 1. The van der Waals surface area contributed by atoms with Gasteiger partial charge in [0.1, 0.15) is 12.1 Å². The minimum absolute atomic E-state index is 0.0222. The lowest BCUT2D eigenvalue weighted by Gasteiger charge is -2.38. The van der Waals surface area contributed by atoms with Crippen molar-refractivity contribution >= 4 is 18.0 Å². The maximum Gasteiger partial charge on any atom is 0.407 e. The Morgan fingerprint density at radius 2 is 1.65 bits per heavy atom. The van der Waals surface area contributed by atoms with Gasteiger partial charge in [0.25, 0.3) is 0 Å². The lowest BCUT2D eigenvalue weighted by molar-refractivity contribution is -0.158. The predicted octanol–water partition coefficient (Wildman–Crippen LogP) is 3.77. The van der Waals surface area contributed by atoms with Crippen molar-refractivity contribution in [1.29, 1.82) is 0 Å². The number of hydrogen-bond donors (Lipinski definition) is 2. The van der Waals surface area contributed by atoms with Gasteiger partial charge in [0.15, 0.2) is 0 Å². The van der Waals surface area contributed by atoms with Crippen molar-refractivity contribution in [2.24, 2.45) is 11.8 Å². The van der Waals surface area contributed by atoms with Gasteiger partial charge in [-0.1, -0.05) is 48.5 Å². The zero-order valence-corrected chi connectivity index (χ0v) is 18.9. The molecular weight excluding hydrogens is 432 g/mol. The monoisotopic (exact) mass is 460 g/mol. The average molecular weight is 461 g/mol. The summed E-state index contributed by atoms with van der Waals surface area (Å²) in [4.78, 5) is 39.1. The Hall–Kier alpha value is -3.35. The number of aliphatic carboxylic acids is 1. The Balaban J connectivity index is 1.10. The number of nitrogens with one attached hydrogen (secondary N) is 1. The van der Waals surface area contributed by atoms with Gasteiger partial charge >= 0.3 is 12.1 Å². The molecule has 7 heteroatoms. The van der Waals surface area contributed by atoms with Crippen LogP contribution < -0.4 is 5.32 Å². The van der Waals surface area contributed by atoms with Gasteiger partial charge in [-0.05, 0) is 59.8 Å². The number of carboxylic acids is 1. The summed E-state index contributed by atoms with van der Waals surface area (Å²) in [5.74, 6) is -0.594. The summed E-state index contributed by atoms with van der Waals surface area (Å²) in [7, 11) is 0. The highest BCUT2D eigenvalue weighted by atomic mass is 16.5. The number of benzene rings is 2. The van der Waals surface area contributed by atoms with E-state index in [1.54, 1.807) is 0 Å². The Kier molecular flexibility index (Phi) is 4.90. The van der Waals surface area contributed by atoms with Crippen molar-refractivity contribution in [2.75, 3.05) is 13.2 Å². The number of fused-ring (bicyclic) bond motifs is 4. The highest BCUT2D eigenvalue weighted by Gasteiger charge is 2.62. The molecule has 0 spiro atoms. The van der Waals surface area contributed by atoms with Gasteiger partial charge < -0.3 is 20.1 Å². The van der Waals surface area contributed by atoms with E-state index in [4.69, 9.17) is 4.74 Å². The molecule has 1 unspecified atom stereocenters. The van der Waals surface area contributed by atoms with Crippen LogP contribution in [0, 0.1) is 11.8 Å². The standard InChI is InChI=1S/C27H28N2O5/c30-24(29-14-16-12-27(29,13-16)25(31)32)11-23(17-9-10-17)28-26(33)34-15-22-20-7-3-1-5-18(20)19-6-2-4-8-21(19)22/h1-8,16-17,22-23H,9-15H2,(H,28,33)(H,31,32). The van der Waals surface area contributed by atoms with Crippen LogP contribution in [-0.2, 0) is 14.3 Å². The minimum atomic E-state index is -1.03. The van der Waals surface area contributed by atoms with Crippen molar-refractivity contribution in [2.45, 2.75) is 49.6 Å². The topological polar surface area (TPSA) is 95.9 Å². The van der Waals surface area contributed by atoms with Crippen LogP contribution in [0.4, 0.5) is 4.79 Å². The van der Waals surface area contributed by atoms with Crippen LogP contribution in [0.15, 0.2) is 48.5 Å². The van der Waals surface area contributed by atoms with Crippen molar-refractivity contribution < 1.29 is 24.2 Å². The zero-order valence-electron chi connectivity index (χ0n) is 18.9. The largest absolute Gasteiger partial charge is 0.479 e. The number of hydrogen-bond acceptors (Lipinski definition) is 4. The Morgan fingerprint density at radius 3 is 2.24 bits per heavy atom. The third-order valence-electron chi connectivity index (χ3n) is 8.14. The van der Waals surface area contributed by atoms with Gasteiger partial charge in [-0.25, -0.2) is 9.59 Å². The zero-order chi connectivity index (χ0) is 23.4. The van der Waals surface area contributed by atoms with Gasteiger partial charge in [-0.2, -0.15) is 0 Å². The molecule has 2 N–H and O–H groups in total. The number of amides is 2. The SMILES string of the molecule is O=C(NC(CC(=O)N1CC2CC1(C(=O)O)C2)C1CC1)OCC1c2ccccc2-c2ccccc21. The van der Waals surface area contributed by atoms with Gasteiger partial charge in [0, 0.05) is 24.9 Å². The van der Waals surface area contributed by atoms with E-state index in [0.29, 0.717) is 19.4 Å². The van der Waals surface area contributed by atoms with E-state index in [2.05, 4.69) is 29.6 Å². The summed E-state index contributed by atoms with van der Waals surface area (Å²) >= 11 is 0. The molecule has 4 fully saturated rings. The highest BCUT2D eigenvalue weighted by molar-refractivity contribution is 5.90. The summed E-state index contributed by atoms with van der Waals surface area (Å²) in [6.07, 6.45) is 2.59. The molecule has 0 radical (unpaired) electrons. The average Bonchev–Trinajstić information content (AvgIpc) is 3.37. The van der Waals surface area contributed by atoms with Crippen LogP contribution in [0.25, 0.3) is 11.1 Å². The second-order valence-corrected chi connectivity index (χ2v) is 10.2. The first-order valence-corrected chi connectivity index (χ1v) is 12.1. The second kappa shape index (κ2) is 7.86. The molecule has 2 bridgehead atoms. The number of carboxylic acid groups (broad SMARTS) is 1. The highest BCUT2D eigenvalue weighted by Crippen LogP contribution is 2.51. The first kappa shape index (κ1) is 21.2. The fourth-order valence-corrected chi connectivity index (χ4v) is 6.23. The summed E-state index contributed by atoms with van der Waals surface area (Å²) in [5.41, 5.74) is 3.62. The number of rotatable bonds is 7. The second-order valence-electron chi connectivity index (χ2n) is 10.2. The smallest absolute Gasteiger partial charge is 0.407 e.